The standard InChI is InChI=1S/C12H23N/c1-11(2,3)10-7-8-13(9-10)12(4,5)6/h7H,8-9H2,1-6H3/i7D,8D2,9D2. The molecular weight excluding hydrogens is 158 g/mol. The Morgan fingerprint density at radius 1 is 1.31 bits per heavy atom. The molecule has 0 atom stereocenters. The minimum atomic E-state index is -2.08. The maximum atomic E-state index is 8.27. The van der Waals surface area contributed by atoms with Gasteiger partial charge in [0.15, 0.2) is 0 Å². The molecule has 0 unspecified atom stereocenters. The van der Waals surface area contributed by atoms with Crippen LogP contribution in [0.25, 0.3) is 0 Å². The van der Waals surface area contributed by atoms with Crippen LogP contribution < -0.4 is 0 Å². The van der Waals surface area contributed by atoms with E-state index in [0.29, 0.717) is 0 Å². The molecule has 0 spiro atoms. The Balaban J connectivity index is 3.53. The summed E-state index contributed by atoms with van der Waals surface area (Å²) in [6, 6.07) is -0.241. The molecule has 0 aromatic rings. The summed E-state index contributed by atoms with van der Waals surface area (Å²) in [5.74, 6) is 0. The molecular formula is C12H23N. The monoisotopic (exact) mass is 186 g/mol. The van der Waals surface area contributed by atoms with E-state index >= 15 is 0 Å². The number of hydrogen-bond acceptors (Lipinski definition) is 1. The van der Waals surface area contributed by atoms with Gasteiger partial charge in [0.2, 0.25) is 0 Å². The molecule has 0 aliphatic carbocycles. The van der Waals surface area contributed by atoms with E-state index in [1.807, 2.05) is 20.8 Å². The molecule has 0 N–H and O–H groups in total. The van der Waals surface area contributed by atoms with Gasteiger partial charge in [-0.2, -0.15) is 0 Å². The van der Waals surface area contributed by atoms with Crippen LogP contribution >= 0.6 is 0 Å². The van der Waals surface area contributed by atoms with Crippen LogP contribution in [0.5, 0.6) is 0 Å². The lowest BCUT2D eigenvalue weighted by Gasteiger charge is -2.33. The summed E-state index contributed by atoms with van der Waals surface area (Å²) in [6.07, 6.45) is 0. The van der Waals surface area contributed by atoms with Crippen LogP contribution in [0.2, 0.25) is 0 Å². The van der Waals surface area contributed by atoms with Gasteiger partial charge in [-0.05, 0) is 26.2 Å². The van der Waals surface area contributed by atoms with Crippen LogP contribution in [-0.2, 0) is 0 Å². The normalized spacial score (nSPS) is 34.8. The van der Waals surface area contributed by atoms with Crippen molar-refractivity contribution in [1.29, 1.82) is 0 Å². The highest BCUT2D eigenvalue weighted by Gasteiger charge is 2.29. The minimum absolute atomic E-state index is 0.231. The van der Waals surface area contributed by atoms with Crippen LogP contribution in [0.15, 0.2) is 11.6 Å². The minimum Gasteiger partial charge on any atom is -0.291 e. The summed E-state index contributed by atoms with van der Waals surface area (Å²) in [5.41, 5.74) is -1.05. The van der Waals surface area contributed by atoms with E-state index in [4.69, 9.17) is 6.85 Å². The molecule has 0 fully saturated rings. The summed E-state index contributed by atoms with van der Waals surface area (Å²) in [4.78, 5) is 1.16. The Labute approximate surface area is 89.8 Å². The average Bonchev–Trinajstić information content (AvgIpc) is 2.08. The molecule has 1 rings (SSSR count). The largest absolute Gasteiger partial charge is 0.291 e. The molecule has 0 saturated heterocycles. The molecule has 0 aromatic carbocycles. The average molecular weight is 186 g/mol. The van der Waals surface area contributed by atoms with Crippen molar-refractivity contribution < 1.29 is 6.85 Å². The van der Waals surface area contributed by atoms with Crippen molar-refractivity contribution in [3.8, 4) is 0 Å². The lowest BCUT2D eigenvalue weighted by molar-refractivity contribution is 0.176. The maximum absolute atomic E-state index is 8.27. The van der Waals surface area contributed by atoms with Crippen LogP contribution in [-0.4, -0.2) is 23.4 Å². The molecule has 1 heteroatoms. The fourth-order valence-electron chi connectivity index (χ4n) is 0.970. The van der Waals surface area contributed by atoms with Gasteiger partial charge in [0, 0.05) is 24.0 Å². The van der Waals surface area contributed by atoms with Crippen LogP contribution in [0, 0.1) is 5.41 Å². The lowest BCUT2D eigenvalue weighted by atomic mass is 9.87. The quantitative estimate of drug-likeness (QED) is 0.526. The number of rotatable bonds is 0. The third-order valence-electron chi connectivity index (χ3n) is 1.94. The van der Waals surface area contributed by atoms with Gasteiger partial charge in [-0.15, -0.1) is 0 Å². The predicted octanol–water partition coefficient (Wildman–Crippen LogP) is 3.07. The van der Waals surface area contributed by atoms with Crippen molar-refractivity contribution >= 4 is 0 Å². The molecule has 1 aliphatic rings. The van der Waals surface area contributed by atoms with Crippen LogP contribution in [0.3, 0.4) is 0 Å². The molecule has 1 heterocycles. The highest BCUT2D eigenvalue weighted by atomic mass is 15.2. The Morgan fingerprint density at radius 2 is 1.85 bits per heavy atom. The topological polar surface area (TPSA) is 3.24 Å². The summed E-state index contributed by atoms with van der Waals surface area (Å²) in [6.45, 7) is 6.72. The van der Waals surface area contributed by atoms with Crippen molar-refractivity contribution in [1.82, 2.24) is 4.90 Å². The van der Waals surface area contributed by atoms with Gasteiger partial charge in [-0.25, -0.2) is 0 Å². The Bertz CT molecular complexity index is 384. The van der Waals surface area contributed by atoms with Gasteiger partial charge in [0.05, 0.1) is 1.37 Å². The second-order valence-corrected chi connectivity index (χ2v) is 5.48. The van der Waals surface area contributed by atoms with Crippen molar-refractivity contribution in [3.63, 3.8) is 0 Å². The van der Waals surface area contributed by atoms with Crippen molar-refractivity contribution in [2.75, 3.05) is 13.0 Å². The Hall–Kier alpha value is -0.300. The SMILES string of the molecule is [2H]C1=C(C(C)(C)C)C([2H])([2H])N(C(C)(C)C)C1([2H])[2H]. The second kappa shape index (κ2) is 3.13. The molecule has 0 aromatic heterocycles. The van der Waals surface area contributed by atoms with Gasteiger partial charge < -0.3 is 0 Å². The van der Waals surface area contributed by atoms with Crippen molar-refractivity contribution in [3.05, 3.63) is 11.6 Å². The first kappa shape index (κ1) is 5.55. The fourth-order valence-corrected chi connectivity index (χ4v) is 0.970. The van der Waals surface area contributed by atoms with E-state index in [2.05, 4.69) is 0 Å². The first-order valence-electron chi connectivity index (χ1n) is 7.17. The molecule has 13 heavy (non-hydrogen) atoms. The zero-order valence-corrected chi connectivity index (χ0v) is 9.45. The molecule has 0 amide bonds. The summed E-state index contributed by atoms with van der Waals surface area (Å²) in [5, 5.41) is 0. The van der Waals surface area contributed by atoms with Gasteiger partial charge in [-0.1, -0.05) is 32.4 Å². The predicted molar refractivity (Wildman–Crippen MR) is 58.9 cm³/mol. The van der Waals surface area contributed by atoms with E-state index in [1.54, 1.807) is 20.8 Å². The van der Waals surface area contributed by atoms with Crippen LogP contribution in [0.1, 0.15) is 48.4 Å². The van der Waals surface area contributed by atoms with Gasteiger partial charge >= 0.3 is 0 Å². The van der Waals surface area contributed by atoms with E-state index < -0.39 is 23.9 Å². The number of hydrogen-bond donors (Lipinski definition) is 0. The summed E-state index contributed by atoms with van der Waals surface area (Å²) in [7, 11) is 0. The third kappa shape index (κ3) is 2.57. The Morgan fingerprint density at radius 3 is 2.08 bits per heavy atom. The molecule has 0 radical (unpaired) electrons. The van der Waals surface area contributed by atoms with E-state index in [0.717, 1.165) is 4.90 Å². The zero-order valence-electron chi connectivity index (χ0n) is 14.4. The zero-order chi connectivity index (χ0) is 14.7. The van der Waals surface area contributed by atoms with E-state index in [9.17, 15) is 0 Å². The third-order valence-corrected chi connectivity index (χ3v) is 1.94. The second-order valence-electron chi connectivity index (χ2n) is 5.48. The first-order chi connectivity index (χ1) is 7.64. The smallest absolute Gasteiger partial charge is 0.0590 e. The summed E-state index contributed by atoms with van der Waals surface area (Å²) < 4.78 is 40.7. The molecule has 1 aliphatic heterocycles. The number of nitrogens with zero attached hydrogens (tertiary/aromatic N) is 1. The fraction of sp³-hybridized carbons (Fsp3) is 0.833. The molecule has 76 valence electrons. The summed E-state index contributed by atoms with van der Waals surface area (Å²) >= 11 is 0. The highest BCUT2D eigenvalue weighted by Crippen LogP contribution is 2.31. The van der Waals surface area contributed by atoms with Crippen molar-refractivity contribution in [2.24, 2.45) is 5.41 Å². The highest BCUT2D eigenvalue weighted by molar-refractivity contribution is 5.19. The van der Waals surface area contributed by atoms with Crippen LogP contribution in [0.4, 0.5) is 0 Å². The molecule has 1 nitrogen and oxygen atoms in total. The maximum Gasteiger partial charge on any atom is 0.0590 e. The molecule has 0 bridgehead atoms. The Kier molecular flexibility index (Phi) is 1.33. The van der Waals surface area contributed by atoms with Gasteiger partial charge in [0.25, 0.3) is 0 Å². The van der Waals surface area contributed by atoms with Gasteiger partial charge in [-0.3, -0.25) is 4.90 Å². The van der Waals surface area contributed by atoms with Gasteiger partial charge in [0.1, 0.15) is 0 Å². The first-order valence-corrected chi connectivity index (χ1v) is 4.67. The van der Waals surface area contributed by atoms with Crippen molar-refractivity contribution in [2.45, 2.75) is 47.1 Å². The lowest BCUT2D eigenvalue weighted by Crippen LogP contribution is -2.40. The van der Waals surface area contributed by atoms with E-state index in [-0.39, 0.29) is 11.6 Å². The molecule has 0 saturated carbocycles. The van der Waals surface area contributed by atoms with E-state index in [1.165, 1.54) is 0 Å².